The quantitative estimate of drug-likeness (QED) is 0.490. The van der Waals surface area contributed by atoms with Gasteiger partial charge in [0.25, 0.3) is 10.0 Å². The molecule has 3 rings (SSSR count). The van der Waals surface area contributed by atoms with Gasteiger partial charge in [-0.2, -0.15) is 0 Å². The minimum Gasteiger partial charge on any atom is -0.497 e. The maximum Gasteiger partial charge on any atom is 0.264 e. The zero-order valence-corrected chi connectivity index (χ0v) is 19.6. The molecule has 0 aromatic heterocycles. The molecule has 162 valence electrons. The standard InChI is InChI=1S/C23H23BrN2O4S/c1-17(18-11-13-21(30-2)14-12-18)25-23(27)16-26(20-8-6-7-19(24)15-20)31(28,29)22-9-4-3-5-10-22/h3-15,17H,16H2,1-2H3,(H,25,27)/t17-/m0/s1. The molecular weight excluding hydrogens is 480 g/mol. The Morgan fingerprint density at radius 3 is 2.32 bits per heavy atom. The third kappa shape index (κ3) is 5.65. The van der Waals surface area contributed by atoms with Crippen LogP contribution >= 0.6 is 15.9 Å². The van der Waals surface area contributed by atoms with Gasteiger partial charge in [-0.1, -0.05) is 52.3 Å². The number of carbonyl (C=O) groups is 1. The Kier molecular flexibility index (Phi) is 7.35. The summed E-state index contributed by atoms with van der Waals surface area (Å²) in [5.41, 5.74) is 1.28. The van der Waals surface area contributed by atoms with E-state index in [0.717, 1.165) is 15.6 Å². The highest BCUT2D eigenvalue weighted by molar-refractivity contribution is 9.10. The van der Waals surface area contributed by atoms with Crippen LogP contribution in [0.4, 0.5) is 5.69 Å². The molecule has 3 aromatic rings. The molecule has 1 amide bonds. The molecule has 0 spiro atoms. The summed E-state index contributed by atoms with van der Waals surface area (Å²) >= 11 is 3.37. The van der Waals surface area contributed by atoms with Gasteiger partial charge in [-0.15, -0.1) is 0 Å². The number of amides is 1. The third-order valence-corrected chi connectivity index (χ3v) is 6.99. The monoisotopic (exact) mass is 502 g/mol. The van der Waals surface area contributed by atoms with Gasteiger partial charge < -0.3 is 10.1 Å². The molecule has 0 saturated heterocycles. The van der Waals surface area contributed by atoms with Crippen LogP contribution in [0.25, 0.3) is 0 Å². The van der Waals surface area contributed by atoms with E-state index in [9.17, 15) is 13.2 Å². The van der Waals surface area contributed by atoms with Crippen LogP contribution in [0.2, 0.25) is 0 Å². The van der Waals surface area contributed by atoms with Gasteiger partial charge in [-0.25, -0.2) is 8.42 Å². The van der Waals surface area contributed by atoms with E-state index in [-0.39, 0.29) is 17.5 Å². The number of nitrogens with zero attached hydrogens (tertiary/aromatic N) is 1. The van der Waals surface area contributed by atoms with Crippen LogP contribution in [-0.4, -0.2) is 28.0 Å². The lowest BCUT2D eigenvalue weighted by molar-refractivity contribution is -0.120. The van der Waals surface area contributed by atoms with E-state index >= 15 is 0 Å². The molecule has 6 nitrogen and oxygen atoms in total. The maximum atomic E-state index is 13.3. The van der Waals surface area contributed by atoms with Gasteiger partial charge >= 0.3 is 0 Å². The van der Waals surface area contributed by atoms with Crippen LogP contribution in [0.15, 0.2) is 88.2 Å². The molecule has 31 heavy (non-hydrogen) atoms. The summed E-state index contributed by atoms with van der Waals surface area (Å²) in [7, 11) is -2.35. The van der Waals surface area contributed by atoms with E-state index in [4.69, 9.17) is 4.74 Å². The molecule has 3 aromatic carbocycles. The number of benzene rings is 3. The average molecular weight is 503 g/mol. The number of sulfonamides is 1. The number of ether oxygens (including phenoxy) is 1. The second-order valence-electron chi connectivity index (χ2n) is 6.87. The summed E-state index contributed by atoms with van der Waals surface area (Å²) in [6.45, 7) is 1.49. The molecular formula is C23H23BrN2O4S. The number of carbonyl (C=O) groups excluding carboxylic acids is 1. The van der Waals surface area contributed by atoms with Gasteiger partial charge in [0.1, 0.15) is 12.3 Å². The van der Waals surface area contributed by atoms with Crippen molar-refractivity contribution < 1.29 is 17.9 Å². The van der Waals surface area contributed by atoms with E-state index in [2.05, 4.69) is 21.2 Å². The number of anilines is 1. The van der Waals surface area contributed by atoms with Crippen molar-refractivity contribution in [2.45, 2.75) is 17.9 Å². The fourth-order valence-corrected chi connectivity index (χ4v) is 4.88. The normalized spacial score (nSPS) is 12.1. The molecule has 0 bridgehead atoms. The van der Waals surface area contributed by atoms with Crippen LogP contribution in [0.3, 0.4) is 0 Å². The second kappa shape index (κ2) is 9.98. The van der Waals surface area contributed by atoms with Crippen molar-refractivity contribution in [3.05, 3.63) is 88.9 Å². The highest BCUT2D eigenvalue weighted by atomic mass is 79.9. The summed E-state index contributed by atoms with van der Waals surface area (Å²) in [5.74, 6) is 0.305. The SMILES string of the molecule is COc1ccc([C@H](C)NC(=O)CN(c2cccc(Br)c2)S(=O)(=O)c2ccccc2)cc1. The molecule has 1 N–H and O–H groups in total. The van der Waals surface area contributed by atoms with Gasteiger partial charge in [0.2, 0.25) is 5.91 Å². The van der Waals surface area contributed by atoms with E-state index in [1.54, 1.807) is 49.6 Å². The Morgan fingerprint density at radius 1 is 1.03 bits per heavy atom. The van der Waals surface area contributed by atoms with E-state index in [1.807, 2.05) is 31.2 Å². The summed E-state index contributed by atoms with van der Waals surface area (Å²) in [6, 6.07) is 21.9. The largest absolute Gasteiger partial charge is 0.497 e. The van der Waals surface area contributed by atoms with Crippen molar-refractivity contribution in [1.82, 2.24) is 5.32 Å². The molecule has 0 aliphatic rings. The van der Waals surface area contributed by atoms with E-state index in [1.165, 1.54) is 12.1 Å². The first-order valence-corrected chi connectivity index (χ1v) is 11.8. The molecule has 0 heterocycles. The van der Waals surface area contributed by atoms with Crippen molar-refractivity contribution in [1.29, 1.82) is 0 Å². The van der Waals surface area contributed by atoms with Gasteiger partial charge in [0, 0.05) is 4.47 Å². The Hall–Kier alpha value is -2.84. The highest BCUT2D eigenvalue weighted by Crippen LogP contribution is 2.26. The Labute approximate surface area is 191 Å². The van der Waals surface area contributed by atoms with Gasteiger partial charge in [-0.05, 0) is 55.0 Å². The van der Waals surface area contributed by atoms with Crippen LogP contribution in [0.5, 0.6) is 5.75 Å². The smallest absolute Gasteiger partial charge is 0.264 e. The Balaban J connectivity index is 1.85. The molecule has 0 radical (unpaired) electrons. The summed E-state index contributed by atoms with van der Waals surface area (Å²) in [6.07, 6.45) is 0. The molecule has 0 saturated carbocycles. The topological polar surface area (TPSA) is 75.7 Å². The van der Waals surface area contributed by atoms with Crippen LogP contribution in [0.1, 0.15) is 18.5 Å². The van der Waals surface area contributed by atoms with Gasteiger partial charge in [-0.3, -0.25) is 9.10 Å². The van der Waals surface area contributed by atoms with Crippen molar-refractivity contribution in [2.24, 2.45) is 0 Å². The lowest BCUT2D eigenvalue weighted by Gasteiger charge is -2.25. The van der Waals surface area contributed by atoms with Crippen molar-refractivity contribution in [3.8, 4) is 5.75 Å². The van der Waals surface area contributed by atoms with E-state index in [0.29, 0.717) is 10.2 Å². The van der Waals surface area contributed by atoms with Crippen LogP contribution in [0, 0.1) is 0 Å². The Morgan fingerprint density at radius 2 is 1.71 bits per heavy atom. The molecule has 8 heteroatoms. The van der Waals surface area contributed by atoms with Gasteiger partial charge in [0.15, 0.2) is 0 Å². The number of halogens is 1. The molecule has 0 aliphatic heterocycles. The summed E-state index contributed by atoms with van der Waals surface area (Å²) in [4.78, 5) is 13.0. The number of methoxy groups -OCH3 is 1. The second-order valence-corrected chi connectivity index (χ2v) is 9.64. The van der Waals surface area contributed by atoms with Crippen LogP contribution in [-0.2, 0) is 14.8 Å². The van der Waals surface area contributed by atoms with Crippen LogP contribution < -0.4 is 14.4 Å². The predicted molar refractivity (Wildman–Crippen MR) is 125 cm³/mol. The number of rotatable bonds is 8. The first kappa shape index (κ1) is 22.8. The van der Waals surface area contributed by atoms with Crippen molar-refractivity contribution >= 4 is 37.5 Å². The lowest BCUT2D eigenvalue weighted by atomic mass is 10.1. The third-order valence-electron chi connectivity index (χ3n) is 4.71. The predicted octanol–water partition coefficient (Wildman–Crippen LogP) is 4.53. The molecule has 0 unspecified atom stereocenters. The molecule has 1 atom stereocenters. The van der Waals surface area contributed by atoms with Crippen molar-refractivity contribution in [3.63, 3.8) is 0 Å². The Bertz CT molecular complexity index is 1140. The molecule has 0 aliphatic carbocycles. The maximum absolute atomic E-state index is 13.3. The summed E-state index contributed by atoms with van der Waals surface area (Å²) < 4.78 is 33.6. The molecule has 0 fully saturated rings. The zero-order valence-electron chi connectivity index (χ0n) is 17.2. The fourth-order valence-electron chi connectivity index (χ4n) is 3.06. The lowest BCUT2D eigenvalue weighted by Crippen LogP contribution is -2.41. The minimum atomic E-state index is -3.94. The number of hydrogen-bond donors (Lipinski definition) is 1. The van der Waals surface area contributed by atoms with Crippen molar-refractivity contribution in [2.75, 3.05) is 18.0 Å². The minimum absolute atomic E-state index is 0.117. The fraction of sp³-hybridized carbons (Fsp3) is 0.174. The number of hydrogen-bond acceptors (Lipinski definition) is 4. The van der Waals surface area contributed by atoms with E-state index < -0.39 is 15.9 Å². The van der Waals surface area contributed by atoms with Gasteiger partial charge in [0.05, 0.1) is 23.7 Å². The number of nitrogens with one attached hydrogen (secondary N) is 1. The summed E-state index contributed by atoms with van der Waals surface area (Å²) in [5, 5.41) is 2.87. The highest BCUT2D eigenvalue weighted by Gasteiger charge is 2.27. The zero-order chi connectivity index (χ0) is 22.4. The first-order valence-electron chi connectivity index (χ1n) is 9.58. The average Bonchev–Trinajstić information content (AvgIpc) is 2.78. The first-order chi connectivity index (χ1) is 14.8.